The van der Waals surface area contributed by atoms with Gasteiger partial charge in [0.15, 0.2) is 0 Å². The van der Waals surface area contributed by atoms with Gasteiger partial charge in [-0.15, -0.1) is 0 Å². The summed E-state index contributed by atoms with van der Waals surface area (Å²) in [5, 5.41) is 3.07. The molecular weight excluding hydrogens is 442 g/mol. The van der Waals surface area contributed by atoms with E-state index < -0.39 is 6.10 Å². The third kappa shape index (κ3) is 10.7. The van der Waals surface area contributed by atoms with Crippen molar-refractivity contribution in [3.05, 3.63) is 36.0 Å². The maximum absolute atomic E-state index is 12.1. The van der Waals surface area contributed by atoms with Gasteiger partial charge in [-0.2, -0.15) is 0 Å². The van der Waals surface area contributed by atoms with Crippen LogP contribution in [-0.4, -0.2) is 47.9 Å². The number of rotatable bonds is 8. The zero-order valence-electron chi connectivity index (χ0n) is 22.9. The van der Waals surface area contributed by atoms with Gasteiger partial charge in [-0.3, -0.25) is 9.59 Å². The fourth-order valence-electron chi connectivity index (χ4n) is 5.13. The number of epoxide rings is 1. The van der Waals surface area contributed by atoms with Crippen molar-refractivity contribution < 1.29 is 25.2 Å². The largest absolute Gasteiger partial charge is 0.459 e. The van der Waals surface area contributed by atoms with E-state index in [4.69, 9.17) is 14.2 Å². The molecule has 0 aromatic rings. The first-order valence-corrected chi connectivity index (χ1v) is 13.4. The van der Waals surface area contributed by atoms with Crippen molar-refractivity contribution >= 4 is 11.9 Å². The summed E-state index contributed by atoms with van der Waals surface area (Å²) in [4.78, 5) is 23.0. The van der Waals surface area contributed by atoms with Crippen LogP contribution in [0.1, 0.15) is 94.8 Å². The fourth-order valence-corrected chi connectivity index (χ4v) is 5.13. The smallest absolute Gasteiger partial charge is 0.303 e. The van der Waals surface area contributed by atoms with Crippen LogP contribution in [0.5, 0.6) is 0 Å². The van der Waals surface area contributed by atoms with E-state index in [1.165, 1.54) is 18.6 Å². The quantitative estimate of drug-likeness (QED) is 0.193. The number of nitrogens with one attached hydrogen (secondary N) is 1. The molecule has 2 saturated heterocycles. The minimum absolute atomic E-state index is 0. The molecule has 1 N–H and O–H groups in total. The molecule has 1 saturated carbocycles. The molecule has 3 fully saturated rings. The van der Waals surface area contributed by atoms with E-state index in [1.54, 1.807) is 13.0 Å². The Hall–Kier alpha value is -1.92. The van der Waals surface area contributed by atoms with Gasteiger partial charge in [0.1, 0.15) is 6.10 Å². The summed E-state index contributed by atoms with van der Waals surface area (Å²) in [7, 11) is 0. The van der Waals surface area contributed by atoms with Crippen molar-refractivity contribution in [3.8, 4) is 0 Å². The Morgan fingerprint density at radius 1 is 1.14 bits per heavy atom. The fraction of sp³-hybridized carbons (Fsp3) is 0.724. The first-order chi connectivity index (χ1) is 16.5. The van der Waals surface area contributed by atoms with Gasteiger partial charge < -0.3 is 19.5 Å². The highest BCUT2D eigenvalue weighted by molar-refractivity contribution is 5.87. The van der Waals surface area contributed by atoms with Crippen LogP contribution in [-0.2, 0) is 23.8 Å². The first kappa shape index (κ1) is 29.3. The standard InChI is InChI=1S/C27H41NO5.C2H6.H2/c1-19(7-14-24-16-27(18-31-27)17-26(4,5)33-24)6-9-22-10-12-23(13-11-22)28-25(30)15-8-20(2)32-21(3)29;1-2;/h6-8,14-15,20,22-24H,9-13,16-18H2,1-5H3,(H,28,30);1-2H3;1H/b14-7+,15-8-,19-6+;;/t20-,22?,23?,24+,27+;;/m0../s1. The summed E-state index contributed by atoms with van der Waals surface area (Å²) in [5.74, 6) is 0.192. The summed E-state index contributed by atoms with van der Waals surface area (Å²) in [6.07, 6.45) is 16.7. The second-order valence-corrected chi connectivity index (χ2v) is 10.7. The normalized spacial score (nSPS) is 31.1. The molecular formula is C29H49NO5. The molecule has 1 spiro atoms. The SMILES string of the molecule is CC.CC(=O)O[C@@H](C)/C=C\C(=O)NC1CCC(C/C=C(C)/C=C/[C@@H]2C[C@]3(CO3)CC(C)(C)O2)CC1.[HH]. The molecule has 6 nitrogen and oxygen atoms in total. The summed E-state index contributed by atoms with van der Waals surface area (Å²) in [6.45, 7) is 14.4. The zero-order chi connectivity index (χ0) is 26.1. The van der Waals surface area contributed by atoms with Crippen LogP contribution in [0.4, 0.5) is 0 Å². The maximum atomic E-state index is 12.1. The molecule has 2 heterocycles. The van der Waals surface area contributed by atoms with Crippen LogP contribution in [0.25, 0.3) is 0 Å². The average Bonchev–Trinajstić information content (AvgIpc) is 3.53. The molecule has 1 aliphatic carbocycles. The summed E-state index contributed by atoms with van der Waals surface area (Å²) >= 11 is 0. The van der Waals surface area contributed by atoms with Crippen LogP contribution in [0, 0.1) is 5.92 Å². The summed E-state index contributed by atoms with van der Waals surface area (Å²) in [5.41, 5.74) is 1.19. The topological polar surface area (TPSA) is 77.2 Å². The van der Waals surface area contributed by atoms with E-state index in [0.29, 0.717) is 5.92 Å². The van der Waals surface area contributed by atoms with Crippen molar-refractivity contribution in [3.63, 3.8) is 0 Å². The predicted octanol–water partition coefficient (Wildman–Crippen LogP) is 6.06. The van der Waals surface area contributed by atoms with E-state index in [1.807, 2.05) is 13.8 Å². The lowest BCUT2D eigenvalue weighted by Gasteiger charge is -2.38. The van der Waals surface area contributed by atoms with Crippen LogP contribution >= 0.6 is 0 Å². The van der Waals surface area contributed by atoms with Crippen LogP contribution in [0.3, 0.4) is 0 Å². The molecule has 0 aromatic heterocycles. The first-order valence-electron chi connectivity index (χ1n) is 13.4. The molecule has 3 aliphatic rings. The maximum Gasteiger partial charge on any atom is 0.303 e. The van der Waals surface area contributed by atoms with E-state index in [0.717, 1.165) is 51.6 Å². The van der Waals surface area contributed by atoms with Crippen LogP contribution < -0.4 is 5.32 Å². The number of carbonyl (C=O) groups is 2. The number of hydrogen-bond acceptors (Lipinski definition) is 5. The molecule has 0 bridgehead atoms. The second-order valence-electron chi connectivity index (χ2n) is 10.7. The lowest BCUT2D eigenvalue weighted by atomic mass is 9.83. The molecule has 3 atom stereocenters. The van der Waals surface area contributed by atoms with Gasteiger partial charge in [0.05, 0.1) is 23.9 Å². The minimum atomic E-state index is -0.396. The third-order valence-electron chi connectivity index (χ3n) is 6.75. The van der Waals surface area contributed by atoms with Crippen molar-refractivity contribution in [2.75, 3.05) is 6.61 Å². The Morgan fingerprint density at radius 2 is 1.80 bits per heavy atom. The average molecular weight is 492 g/mol. The molecule has 35 heavy (non-hydrogen) atoms. The lowest BCUT2D eigenvalue weighted by Crippen LogP contribution is -2.43. The number of esters is 1. The molecule has 1 amide bonds. The van der Waals surface area contributed by atoms with Crippen molar-refractivity contribution in [1.29, 1.82) is 0 Å². The van der Waals surface area contributed by atoms with Crippen molar-refractivity contribution in [2.45, 2.75) is 123 Å². The third-order valence-corrected chi connectivity index (χ3v) is 6.75. The molecule has 200 valence electrons. The van der Waals surface area contributed by atoms with Crippen LogP contribution in [0.15, 0.2) is 36.0 Å². The highest BCUT2D eigenvalue weighted by atomic mass is 16.6. The van der Waals surface area contributed by atoms with Gasteiger partial charge in [-0.1, -0.05) is 37.6 Å². The Morgan fingerprint density at radius 3 is 2.40 bits per heavy atom. The molecule has 2 aliphatic heterocycles. The highest BCUT2D eigenvalue weighted by Gasteiger charge is 2.53. The Bertz CT molecular complexity index is 785. The molecule has 6 heteroatoms. The Balaban J connectivity index is 0.00000211. The molecule has 0 unspecified atom stereocenters. The van der Waals surface area contributed by atoms with Gasteiger partial charge in [0.2, 0.25) is 5.91 Å². The lowest BCUT2D eigenvalue weighted by molar-refractivity contribution is -0.143. The zero-order valence-corrected chi connectivity index (χ0v) is 22.9. The van der Waals surface area contributed by atoms with Crippen molar-refractivity contribution in [1.82, 2.24) is 5.32 Å². The van der Waals surface area contributed by atoms with E-state index in [9.17, 15) is 9.59 Å². The van der Waals surface area contributed by atoms with Gasteiger partial charge in [-0.05, 0) is 71.8 Å². The molecule has 0 aromatic carbocycles. The number of amides is 1. The number of allylic oxidation sites excluding steroid dienone is 3. The number of ether oxygens (including phenoxy) is 3. The summed E-state index contributed by atoms with van der Waals surface area (Å²) < 4.78 is 17.0. The molecule has 3 rings (SSSR count). The van der Waals surface area contributed by atoms with Crippen molar-refractivity contribution in [2.24, 2.45) is 5.92 Å². The van der Waals surface area contributed by atoms with Gasteiger partial charge >= 0.3 is 5.97 Å². The molecule has 0 radical (unpaired) electrons. The monoisotopic (exact) mass is 491 g/mol. The van der Waals surface area contributed by atoms with Gasteiger partial charge in [0.25, 0.3) is 0 Å². The van der Waals surface area contributed by atoms with E-state index in [2.05, 4.69) is 44.3 Å². The second kappa shape index (κ2) is 13.4. The highest BCUT2D eigenvalue weighted by Crippen LogP contribution is 2.46. The van der Waals surface area contributed by atoms with Gasteiger partial charge in [-0.25, -0.2) is 0 Å². The predicted molar refractivity (Wildman–Crippen MR) is 142 cm³/mol. The van der Waals surface area contributed by atoms with Gasteiger partial charge in [0, 0.05) is 33.3 Å². The van der Waals surface area contributed by atoms with E-state index >= 15 is 0 Å². The Labute approximate surface area is 214 Å². The Kier molecular flexibility index (Phi) is 11.2. The van der Waals surface area contributed by atoms with E-state index in [-0.39, 0.29) is 36.7 Å². The minimum Gasteiger partial charge on any atom is -0.459 e. The number of hydrogen-bond donors (Lipinski definition) is 1. The van der Waals surface area contributed by atoms with Crippen LogP contribution in [0.2, 0.25) is 0 Å². The number of carbonyl (C=O) groups excluding carboxylic acids is 2. The summed E-state index contributed by atoms with van der Waals surface area (Å²) in [6, 6.07) is 0.219.